The van der Waals surface area contributed by atoms with Crippen LogP contribution in [0.4, 0.5) is 4.79 Å². The number of pyridine rings is 1. The van der Waals surface area contributed by atoms with E-state index in [2.05, 4.69) is 105 Å². The molecular weight excluding hydrogens is 524 g/mol. The summed E-state index contributed by atoms with van der Waals surface area (Å²) in [5.74, 6) is 0. The molecule has 5 rings (SSSR count). The molecule has 41 heavy (non-hydrogen) atoms. The predicted molar refractivity (Wildman–Crippen MR) is 171 cm³/mol. The molecule has 0 aliphatic carbocycles. The average Bonchev–Trinajstić information content (AvgIpc) is 3.26. The van der Waals surface area contributed by atoms with Gasteiger partial charge in [0.2, 0.25) is 0 Å². The largest absolute Gasteiger partial charge is 0.443 e. The molecule has 0 saturated heterocycles. The van der Waals surface area contributed by atoms with E-state index in [1.807, 2.05) is 33.0 Å². The van der Waals surface area contributed by atoms with E-state index in [1.54, 1.807) is 10.8 Å². The van der Waals surface area contributed by atoms with Gasteiger partial charge in [-0.05, 0) is 66.7 Å². The van der Waals surface area contributed by atoms with Crippen LogP contribution in [0.3, 0.4) is 0 Å². The highest BCUT2D eigenvalue weighted by Crippen LogP contribution is 2.37. The second kappa shape index (κ2) is 11.3. The van der Waals surface area contributed by atoms with E-state index in [9.17, 15) is 4.79 Å². The third-order valence-electron chi connectivity index (χ3n) is 7.55. The van der Waals surface area contributed by atoms with E-state index in [1.165, 1.54) is 10.4 Å². The molecular formula is C35H40N2O3Si. The van der Waals surface area contributed by atoms with Crippen molar-refractivity contribution in [3.8, 4) is 0 Å². The molecule has 6 heteroatoms. The molecule has 0 bridgehead atoms. The third kappa shape index (κ3) is 5.72. The summed E-state index contributed by atoms with van der Waals surface area (Å²) < 4.78 is 14.6. The van der Waals surface area contributed by atoms with Gasteiger partial charge in [-0.1, -0.05) is 93.6 Å². The first kappa shape index (κ1) is 28.8. The lowest BCUT2D eigenvalue weighted by Gasteiger charge is -2.43. The lowest BCUT2D eigenvalue weighted by molar-refractivity contribution is 0.0551. The normalized spacial score (nSPS) is 12.6. The Kier molecular flexibility index (Phi) is 7.90. The van der Waals surface area contributed by atoms with Crippen LogP contribution in [-0.4, -0.2) is 36.2 Å². The predicted octanol–water partition coefficient (Wildman–Crippen LogP) is 7.48. The number of benzene rings is 3. The zero-order valence-corrected chi connectivity index (χ0v) is 26.0. The van der Waals surface area contributed by atoms with Crippen LogP contribution in [0.25, 0.3) is 21.8 Å². The Bertz CT molecular complexity index is 1610. The van der Waals surface area contributed by atoms with Crippen LogP contribution >= 0.6 is 0 Å². The SMILES string of the molecule is CC(C)(C)OC(=O)n1c2ccncc2c2ccc(CCCO[Si](c3ccccc3)(c3ccccc3)C(C)(C)C)cc21. The average molecular weight is 565 g/mol. The number of ether oxygens (including phenoxy) is 1. The van der Waals surface area contributed by atoms with Gasteiger partial charge in [0.25, 0.3) is 8.32 Å². The summed E-state index contributed by atoms with van der Waals surface area (Å²) in [7, 11) is -2.57. The summed E-state index contributed by atoms with van der Waals surface area (Å²) in [5.41, 5.74) is 2.20. The molecule has 212 valence electrons. The van der Waals surface area contributed by atoms with E-state index >= 15 is 0 Å². The molecule has 0 fully saturated rings. The van der Waals surface area contributed by atoms with E-state index in [0.717, 1.165) is 40.2 Å². The zero-order chi connectivity index (χ0) is 29.3. The van der Waals surface area contributed by atoms with Crippen LogP contribution in [0, 0.1) is 0 Å². The van der Waals surface area contributed by atoms with Crippen molar-refractivity contribution in [2.24, 2.45) is 0 Å². The van der Waals surface area contributed by atoms with Gasteiger partial charge in [0.05, 0.1) is 11.0 Å². The molecule has 0 spiro atoms. The highest BCUT2D eigenvalue weighted by Gasteiger charge is 2.49. The minimum absolute atomic E-state index is 0.0585. The third-order valence-corrected chi connectivity index (χ3v) is 12.6. The Hall–Kier alpha value is -3.74. The number of rotatable bonds is 7. The number of aryl methyl sites for hydroxylation is 1. The fourth-order valence-corrected chi connectivity index (χ4v) is 10.4. The molecule has 0 N–H and O–H groups in total. The van der Waals surface area contributed by atoms with E-state index in [0.29, 0.717) is 6.61 Å². The fraction of sp³-hybridized carbons (Fsp3) is 0.314. The Balaban J connectivity index is 1.43. The zero-order valence-electron chi connectivity index (χ0n) is 25.0. The van der Waals surface area contributed by atoms with Crippen molar-refractivity contribution in [2.75, 3.05) is 6.61 Å². The standard InChI is InChI=1S/C35H40N2O3Si/c1-34(2,3)40-33(38)37-31-21-22-36-25-30(31)29-20-19-26(24-32(29)37)14-13-23-39-41(35(4,5)6,27-15-9-7-10-16-27)28-17-11-8-12-18-28/h7-12,15-22,24-25H,13-14,23H2,1-6H3. The first-order valence-corrected chi connectivity index (χ1v) is 16.3. The number of hydrogen-bond donors (Lipinski definition) is 0. The fourth-order valence-electron chi connectivity index (χ4n) is 5.83. The van der Waals surface area contributed by atoms with Gasteiger partial charge in [-0.15, -0.1) is 0 Å². The maximum atomic E-state index is 13.3. The summed E-state index contributed by atoms with van der Waals surface area (Å²) in [5, 5.41) is 4.45. The summed E-state index contributed by atoms with van der Waals surface area (Å²) in [4.78, 5) is 17.6. The van der Waals surface area contributed by atoms with Gasteiger partial charge in [-0.25, -0.2) is 9.36 Å². The van der Waals surface area contributed by atoms with E-state index in [-0.39, 0.29) is 11.1 Å². The van der Waals surface area contributed by atoms with Gasteiger partial charge in [-0.3, -0.25) is 4.98 Å². The summed E-state index contributed by atoms with van der Waals surface area (Å²) in [6.07, 6.45) is 4.85. The molecule has 3 aromatic carbocycles. The maximum Gasteiger partial charge on any atom is 0.419 e. The quantitative estimate of drug-likeness (QED) is 0.152. The van der Waals surface area contributed by atoms with Crippen molar-refractivity contribution in [1.29, 1.82) is 0 Å². The topological polar surface area (TPSA) is 53.4 Å². The number of hydrogen-bond acceptors (Lipinski definition) is 4. The first-order valence-electron chi connectivity index (χ1n) is 14.4. The number of nitrogens with zero attached hydrogens (tertiary/aromatic N) is 2. The van der Waals surface area contributed by atoms with Gasteiger partial charge in [0.1, 0.15) is 5.60 Å². The van der Waals surface area contributed by atoms with Crippen molar-refractivity contribution >= 4 is 46.6 Å². The molecule has 0 aliphatic heterocycles. The lowest BCUT2D eigenvalue weighted by Crippen LogP contribution is -2.66. The van der Waals surface area contributed by atoms with Crippen LogP contribution < -0.4 is 10.4 Å². The summed E-state index contributed by atoms with van der Waals surface area (Å²) in [6.45, 7) is 13.2. The molecule has 0 atom stereocenters. The molecule has 2 aromatic heterocycles. The van der Waals surface area contributed by atoms with Gasteiger partial charge in [0.15, 0.2) is 0 Å². The molecule has 5 nitrogen and oxygen atoms in total. The monoisotopic (exact) mass is 564 g/mol. The van der Waals surface area contributed by atoms with Gasteiger partial charge in [-0.2, -0.15) is 0 Å². The molecule has 0 saturated carbocycles. The number of fused-ring (bicyclic) bond motifs is 3. The molecule has 5 aromatic rings. The minimum atomic E-state index is -2.57. The number of carbonyl (C=O) groups excluding carboxylic acids is 1. The molecule has 0 amide bonds. The molecule has 0 aliphatic rings. The van der Waals surface area contributed by atoms with Crippen LogP contribution in [0.15, 0.2) is 97.3 Å². The Morgan fingerprint density at radius 1 is 0.805 bits per heavy atom. The summed E-state index contributed by atoms with van der Waals surface area (Å²) >= 11 is 0. The smallest absolute Gasteiger partial charge is 0.419 e. The number of aromatic nitrogens is 2. The lowest BCUT2D eigenvalue weighted by atomic mass is 10.1. The molecule has 2 heterocycles. The number of carbonyl (C=O) groups is 1. The highest BCUT2D eigenvalue weighted by atomic mass is 28.4. The van der Waals surface area contributed by atoms with Crippen LogP contribution in [0.5, 0.6) is 0 Å². The second-order valence-corrected chi connectivity index (χ2v) is 17.0. The molecule has 0 radical (unpaired) electrons. The molecule has 0 unspecified atom stereocenters. The second-order valence-electron chi connectivity index (χ2n) is 12.7. The van der Waals surface area contributed by atoms with Crippen LogP contribution in [0.2, 0.25) is 5.04 Å². The van der Waals surface area contributed by atoms with Crippen LogP contribution in [0.1, 0.15) is 53.5 Å². The van der Waals surface area contributed by atoms with Crippen molar-refractivity contribution in [2.45, 2.75) is 65.0 Å². The Labute approximate surface area is 244 Å². The van der Waals surface area contributed by atoms with Crippen molar-refractivity contribution < 1.29 is 14.0 Å². The van der Waals surface area contributed by atoms with Crippen molar-refractivity contribution in [3.05, 3.63) is 103 Å². The van der Waals surface area contributed by atoms with Crippen molar-refractivity contribution in [3.63, 3.8) is 0 Å². The first-order chi connectivity index (χ1) is 19.5. The summed E-state index contributed by atoms with van der Waals surface area (Å²) in [6, 6.07) is 29.7. The van der Waals surface area contributed by atoms with E-state index < -0.39 is 13.9 Å². The van der Waals surface area contributed by atoms with Gasteiger partial charge < -0.3 is 9.16 Å². The Morgan fingerprint density at radius 2 is 1.44 bits per heavy atom. The Morgan fingerprint density at radius 3 is 2.02 bits per heavy atom. The highest BCUT2D eigenvalue weighted by molar-refractivity contribution is 6.99. The van der Waals surface area contributed by atoms with Crippen LogP contribution in [-0.2, 0) is 15.6 Å². The van der Waals surface area contributed by atoms with Gasteiger partial charge in [0, 0.05) is 29.8 Å². The van der Waals surface area contributed by atoms with Crippen molar-refractivity contribution in [1.82, 2.24) is 9.55 Å². The van der Waals surface area contributed by atoms with Gasteiger partial charge >= 0.3 is 6.09 Å². The minimum Gasteiger partial charge on any atom is -0.443 e. The van der Waals surface area contributed by atoms with E-state index in [4.69, 9.17) is 9.16 Å². The maximum absolute atomic E-state index is 13.3.